The molecule has 0 bridgehead atoms. The fourth-order valence-electron chi connectivity index (χ4n) is 10.9. The van der Waals surface area contributed by atoms with Crippen molar-refractivity contribution in [2.75, 3.05) is 47.4 Å². The molecule has 6 N–H and O–H groups in total. The molecule has 6 heterocycles. The monoisotopic (exact) mass is 1040 g/mol. The van der Waals surface area contributed by atoms with Crippen LogP contribution in [0.5, 0.6) is 0 Å². The molecule has 0 atom stereocenters. The second-order valence-corrected chi connectivity index (χ2v) is 18.9. The van der Waals surface area contributed by atoms with E-state index in [1.807, 2.05) is 36.7 Å². The van der Waals surface area contributed by atoms with Crippen molar-refractivity contribution in [1.29, 1.82) is 0 Å². The highest BCUT2D eigenvalue weighted by atomic mass is 35.5. The Hall–Kier alpha value is -4.84. The van der Waals surface area contributed by atoms with E-state index in [9.17, 15) is 18.4 Å². The lowest BCUT2D eigenvalue weighted by molar-refractivity contribution is 0.181. The van der Waals surface area contributed by atoms with Crippen LogP contribution in [-0.4, -0.2) is 92.8 Å². The van der Waals surface area contributed by atoms with E-state index < -0.39 is 11.1 Å². The average Bonchev–Trinajstić information content (AvgIpc) is 3.74. The molecule has 2 saturated carbocycles. The van der Waals surface area contributed by atoms with Crippen LogP contribution in [0.25, 0.3) is 0 Å². The van der Waals surface area contributed by atoms with E-state index in [2.05, 4.69) is 40.4 Å². The number of benzene rings is 2. The predicted molar refractivity (Wildman–Crippen MR) is 284 cm³/mol. The Kier molecular flexibility index (Phi) is 20.0. The first-order valence-electron chi connectivity index (χ1n) is 23.8. The van der Waals surface area contributed by atoms with Crippen molar-refractivity contribution >= 4 is 96.4 Å². The third kappa shape index (κ3) is 12.6. The number of nitrogen functional groups attached to an aromatic ring is 2. The second kappa shape index (κ2) is 25.0. The number of halogens is 6. The molecular weight excluding hydrogens is 980 g/mol. The number of pyridine rings is 2. The van der Waals surface area contributed by atoms with Crippen LogP contribution in [0.15, 0.2) is 95.2 Å². The minimum atomic E-state index is -0.571. The summed E-state index contributed by atoms with van der Waals surface area (Å²) in [4.78, 5) is 51.9. The number of amidine groups is 2. The van der Waals surface area contributed by atoms with Gasteiger partial charge in [-0.05, 0) is 111 Å². The van der Waals surface area contributed by atoms with Crippen molar-refractivity contribution in [3.05, 3.63) is 108 Å². The summed E-state index contributed by atoms with van der Waals surface area (Å²) in [5.41, 5.74) is 13.6. The maximum absolute atomic E-state index is 14.1. The van der Waals surface area contributed by atoms with Crippen LogP contribution in [0.1, 0.15) is 101 Å². The Balaban J connectivity index is 0.000000247. The summed E-state index contributed by atoms with van der Waals surface area (Å²) in [5.74, 6) is 1.85. The first kappa shape index (κ1) is 56.1. The fourth-order valence-corrected chi connectivity index (χ4v) is 10.9. The average molecular weight is 1050 g/mol. The van der Waals surface area contributed by atoms with Crippen LogP contribution >= 0.6 is 49.6 Å². The maximum Gasteiger partial charge on any atom is 0.350 e. The van der Waals surface area contributed by atoms with E-state index in [1.165, 1.54) is 62.8 Å². The molecule has 70 heavy (non-hydrogen) atoms. The number of rotatable bonds is 8. The Bertz CT molecular complexity index is 2240. The fraction of sp³-hybridized carbons (Fsp3) is 0.480. The number of carbonyl (C=O) groups is 2. The van der Waals surface area contributed by atoms with Crippen LogP contribution in [0.3, 0.4) is 0 Å². The number of piperidine rings is 2. The SMILES string of the molecule is Cl.Cl.Cl.Cl.Nc1ccc(CN2CCC3(CC2)C(NC2CCCCC2)=NC(=O)N3c2cccc(F)c2)cn1.Nc1ccc(CN2CCC3(CC2)C(NC2CCCCC2)=NC(=O)N3c2cccc(F)c2)cn1. The number of nitrogens with one attached hydrogen (secondary N) is 2. The maximum atomic E-state index is 14.1. The highest BCUT2D eigenvalue weighted by Gasteiger charge is 2.54. The summed E-state index contributed by atoms with van der Waals surface area (Å²) < 4.78 is 28.2. The Morgan fingerprint density at radius 2 is 0.914 bits per heavy atom. The van der Waals surface area contributed by atoms with Crippen LogP contribution in [0.4, 0.5) is 41.4 Å². The van der Waals surface area contributed by atoms with Crippen LogP contribution in [0.2, 0.25) is 0 Å². The van der Waals surface area contributed by atoms with Gasteiger partial charge >= 0.3 is 12.1 Å². The Morgan fingerprint density at radius 3 is 1.24 bits per heavy atom. The molecule has 2 aromatic heterocycles. The number of amides is 4. The molecule has 2 aliphatic carbocycles. The Labute approximate surface area is 434 Å². The molecule has 10 rings (SSSR count). The van der Waals surface area contributed by atoms with Crippen LogP contribution < -0.4 is 31.9 Å². The highest BCUT2D eigenvalue weighted by molar-refractivity contribution is 6.17. The molecule has 2 aromatic carbocycles. The van der Waals surface area contributed by atoms with E-state index in [0.29, 0.717) is 35.1 Å². The molecule has 4 aliphatic heterocycles. The van der Waals surface area contributed by atoms with Gasteiger partial charge in [0.15, 0.2) is 0 Å². The van der Waals surface area contributed by atoms with Crippen molar-refractivity contribution in [3.63, 3.8) is 0 Å². The van der Waals surface area contributed by atoms with Gasteiger partial charge in [-0.15, -0.1) is 49.6 Å². The molecule has 2 spiro atoms. The van der Waals surface area contributed by atoms with Crippen molar-refractivity contribution in [1.82, 2.24) is 30.4 Å². The van der Waals surface area contributed by atoms with Crippen molar-refractivity contribution in [2.24, 2.45) is 9.98 Å². The number of likely N-dealkylation sites (tertiary alicyclic amines) is 2. The third-order valence-corrected chi connectivity index (χ3v) is 14.4. The number of hydrogen-bond donors (Lipinski definition) is 4. The van der Waals surface area contributed by atoms with Crippen molar-refractivity contribution < 1.29 is 18.4 Å². The van der Waals surface area contributed by atoms with E-state index in [0.717, 1.165) is 113 Å². The number of nitrogens with zero attached hydrogens (tertiary/aromatic N) is 8. The standard InChI is InChI=1S/2C25H31FN6O.4ClH/c2*26-19-5-4-8-21(15-19)32-24(33)30-23(29-20-6-2-1-3-7-20)25(32)11-13-31(14-12-25)17-18-9-10-22(27)28-16-18;;;;/h2*4-5,8-10,15-16,20H,1-3,6-7,11-14,17H2,(H2,27,28)(H,29,30,33);4*1H. The zero-order chi connectivity index (χ0) is 45.7. The van der Waals surface area contributed by atoms with Gasteiger partial charge in [0, 0.05) is 75.1 Å². The molecule has 0 unspecified atom stereocenters. The van der Waals surface area contributed by atoms with Gasteiger partial charge in [-0.3, -0.25) is 19.6 Å². The number of anilines is 4. The van der Waals surface area contributed by atoms with E-state index in [4.69, 9.17) is 11.5 Å². The molecule has 2 saturated heterocycles. The zero-order valence-corrected chi connectivity index (χ0v) is 42.6. The van der Waals surface area contributed by atoms with Crippen molar-refractivity contribution in [2.45, 2.75) is 126 Å². The van der Waals surface area contributed by atoms with Crippen molar-refractivity contribution in [3.8, 4) is 0 Å². The second-order valence-electron chi connectivity index (χ2n) is 18.9. The number of aromatic nitrogens is 2. The van der Waals surface area contributed by atoms with Gasteiger partial charge in [0.2, 0.25) is 0 Å². The molecule has 4 aromatic rings. The van der Waals surface area contributed by atoms with E-state index >= 15 is 0 Å². The van der Waals surface area contributed by atoms with E-state index in [-0.39, 0.29) is 73.3 Å². The van der Waals surface area contributed by atoms with Gasteiger partial charge in [-0.1, -0.05) is 62.8 Å². The minimum absolute atomic E-state index is 0. The highest BCUT2D eigenvalue weighted by Crippen LogP contribution is 2.41. The third-order valence-electron chi connectivity index (χ3n) is 14.4. The summed E-state index contributed by atoms with van der Waals surface area (Å²) in [7, 11) is 0. The normalized spacial score (nSPS) is 20.2. The van der Waals surface area contributed by atoms with Gasteiger partial charge in [0.25, 0.3) is 0 Å². The molecule has 14 nitrogen and oxygen atoms in total. The van der Waals surface area contributed by atoms with Gasteiger partial charge in [0.05, 0.1) is 0 Å². The molecule has 380 valence electrons. The largest absolute Gasteiger partial charge is 0.384 e. The number of hydrogen-bond acceptors (Lipinski definition) is 10. The first-order valence-corrected chi connectivity index (χ1v) is 23.8. The smallest absolute Gasteiger partial charge is 0.350 e. The number of carbonyl (C=O) groups excluding carboxylic acids is 2. The van der Waals surface area contributed by atoms with E-state index in [1.54, 1.807) is 34.1 Å². The lowest BCUT2D eigenvalue weighted by Gasteiger charge is -2.45. The zero-order valence-electron chi connectivity index (χ0n) is 39.3. The molecular formula is C50H66Cl4F2N12O2. The summed E-state index contributed by atoms with van der Waals surface area (Å²) in [6.07, 6.45) is 18.3. The Morgan fingerprint density at radius 1 is 0.543 bits per heavy atom. The molecule has 6 aliphatic rings. The van der Waals surface area contributed by atoms with Crippen LogP contribution in [0, 0.1) is 11.6 Å². The first-order chi connectivity index (χ1) is 32.1. The summed E-state index contributed by atoms with van der Waals surface area (Å²) in [6, 6.07) is 20.3. The predicted octanol–water partition coefficient (Wildman–Crippen LogP) is 9.88. The number of urea groups is 2. The minimum Gasteiger partial charge on any atom is -0.384 e. The number of aliphatic imine (C=N–C) groups is 2. The molecule has 4 amide bonds. The van der Waals surface area contributed by atoms with Gasteiger partial charge in [-0.2, -0.15) is 9.98 Å². The summed E-state index contributed by atoms with van der Waals surface area (Å²) >= 11 is 0. The summed E-state index contributed by atoms with van der Waals surface area (Å²) in [5, 5.41) is 7.29. The van der Waals surface area contributed by atoms with Gasteiger partial charge in [-0.25, -0.2) is 28.3 Å². The van der Waals surface area contributed by atoms with Gasteiger partial charge < -0.3 is 22.1 Å². The molecule has 4 fully saturated rings. The molecule has 0 radical (unpaired) electrons. The topological polar surface area (TPSA) is 174 Å². The summed E-state index contributed by atoms with van der Waals surface area (Å²) in [6.45, 7) is 4.76. The van der Waals surface area contributed by atoms with Gasteiger partial charge in [0.1, 0.15) is 46.0 Å². The molecule has 20 heteroatoms. The lowest BCUT2D eigenvalue weighted by Crippen LogP contribution is -2.62. The quantitative estimate of drug-likeness (QED) is 0.133. The number of nitrogens with two attached hydrogens (primary N) is 2. The lowest BCUT2D eigenvalue weighted by atomic mass is 9.83. The van der Waals surface area contributed by atoms with Crippen LogP contribution in [-0.2, 0) is 13.1 Å².